The van der Waals surface area contributed by atoms with Crippen molar-refractivity contribution in [3.05, 3.63) is 54.0 Å². The van der Waals surface area contributed by atoms with Crippen molar-refractivity contribution in [1.82, 2.24) is 14.8 Å². The first kappa shape index (κ1) is 12.3. The molecule has 100 valence electrons. The molecule has 2 aromatic heterocycles. The van der Waals surface area contributed by atoms with E-state index >= 15 is 0 Å². The Morgan fingerprint density at radius 2 is 2.05 bits per heavy atom. The number of amides is 1. The number of hydrogen-bond acceptors (Lipinski definition) is 3. The Hall–Kier alpha value is -2.69. The molecule has 0 atom stereocenters. The minimum atomic E-state index is -0.190. The third-order valence-corrected chi connectivity index (χ3v) is 3.08. The molecule has 0 saturated heterocycles. The zero-order chi connectivity index (χ0) is 14.1. The molecule has 0 fully saturated rings. The smallest absolute Gasteiger partial charge is 0.273 e. The summed E-state index contributed by atoms with van der Waals surface area (Å²) in [7, 11) is 1.75. The van der Waals surface area contributed by atoms with E-state index in [2.05, 4.69) is 15.4 Å². The highest BCUT2D eigenvalue weighted by atomic mass is 16.2. The van der Waals surface area contributed by atoms with Crippen LogP contribution in [0.5, 0.6) is 0 Å². The zero-order valence-electron chi connectivity index (χ0n) is 11.3. The molecule has 0 aliphatic heterocycles. The van der Waals surface area contributed by atoms with Crippen molar-refractivity contribution in [2.45, 2.75) is 6.92 Å². The number of hydrogen-bond donors (Lipinski definition) is 1. The Balaban J connectivity index is 1.89. The third kappa shape index (κ3) is 2.25. The number of aryl methyl sites for hydroxylation is 2. The van der Waals surface area contributed by atoms with Crippen molar-refractivity contribution < 1.29 is 4.79 Å². The van der Waals surface area contributed by atoms with Gasteiger partial charge in [-0.15, -0.1) is 0 Å². The van der Waals surface area contributed by atoms with Gasteiger partial charge in [0.15, 0.2) is 0 Å². The second kappa shape index (κ2) is 4.77. The molecule has 3 aromatic rings. The van der Waals surface area contributed by atoms with Crippen molar-refractivity contribution in [2.75, 3.05) is 5.32 Å². The van der Waals surface area contributed by atoms with E-state index in [1.165, 1.54) is 0 Å². The van der Waals surface area contributed by atoms with Crippen LogP contribution in [0.25, 0.3) is 10.9 Å². The summed E-state index contributed by atoms with van der Waals surface area (Å²) in [6.07, 6.45) is 1.66. The lowest BCUT2D eigenvalue weighted by molar-refractivity contribution is 0.101. The van der Waals surface area contributed by atoms with Gasteiger partial charge in [-0.05, 0) is 25.1 Å². The number of nitrogens with zero attached hydrogens (tertiary/aromatic N) is 3. The van der Waals surface area contributed by atoms with Crippen molar-refractivity contribution in [1.29, 1.82) is 0 Å². The SMILES string of the molecule is Cc1cc(C(=O)Nc2cnc3ccccc3c2)n(C)n1. The van der Waals surface area contributed by atoms with Crippen LogP contribution in [0.1, 0.15) is 16.2 Å². The summed E-state index contributed by atoms with van der Waals surface area (Å²) in [4.78, 5) is 16.5. The minimum absolute atomic E-state index is 0.190. The molecule has 0 aliphatic carbocycles. The summed E-state index contributed by atoms with van der Waals surface area (Å²) in [6, 6.07) is 11.4. The Bertz CT molecular complexity index is 791. The van der Waals surface area contributed by atoms with Gasteiger partial charge in [-0.1, -0.05) is 18.2 Å². The van der Waals surface area contributed by atoms with E-state index in [0.29, 0.717) is 11.4 Å². The molecule has 0 saturated carbocycles. The maximum absolute atomic E-state index is 12.2. The summed E-state index contributed by atoms with van der Waals surface area (Å²) < 4.78 is 1.57. The first-order valence-electron chi connectivity index (χ1n) is 6.30. The van der Waals surface area contributed by atoms with Gasteiger partial charge in [-0.25, -0.2) is 0 Å². The van der Waals surface area contributed by atoms with Crippen LogP contribution in [-0.4, -0.2) is 20.7 Å². The van der Waals surface area contributed by atoms with Gasteiger partial charge < -0.3 is 5.32 Å². The fourth-order valence-electron chi connectivity index (χ4n) is 2.16. The van der Waals surface area contributed by atoms with Gasteiger partial charge in [-0.2, -0.15) is 5.10 Å². The van der Waals surface area contributed by atoms with E-state index in [1.807, 2.05) is 37.3 Å². The van der Waals surface area contributed by atoms with E-state index in [1.54, 1.807) is 24.0 Å². The molecule has 0 radical (unpaired) electrons. The number of carbonyl (C=O) groups is 1. The number of anilines is 1. The predicted molar refractivity (Wildman–Crippen MR) is 77.6 cm³/mol. The quantitative estimate of drug-likeness (QED) is 0.775. The number of nitrogens with one attached hydrogen (secondary N) is 1. The van der Waals surface area contributed by atoms with E-state index < -0.39 is 0 Å². The summed E-state index contributed by atoms with van der Waals surface area (Å²) in [6.45, 7) is 1.86. The lowest BCUT2D eigenvalue weighted by atomic mass is 10.2. The molecule has 5 nitrogen and oxygen atoms in total. The highest BCUT2D eigenvalue weighted by molar-refractivity contribution is 6.03. The Kier molecular flexibility index (Phi) is 2.95. The largest absolute Gasteiger partial charge is 0.319 e. The molecule has 5 heteroatoms. The monoisotopic (exact) mass is 266 g/mol. The van der Waals surface area contributed by atoms with Crippen LogP contribution in [0.15, 0.2) is 42.6 Å². The minimum Gasteiger partial charge on any atom is -0.319 e. The van der Waals surface area contributed by atoms with Gasteiger partial charge in [0.1, 0.15) is 5.69 Å². The second-order valence-corrected chi connectivity index (χ2v) is 4.67. The maximum atomic E-state index is 12.2. The van der Waals surface area contributed by atoms with Crippen molar-refractivity contribution >= 4 is 22.5 Å². The molecular weight excluding hydrogens is 252 g/mol. The van der Waals surface area contributed by atoms with Gasteiger partial charge in [0.25, 0.3) is 5.91 Å². The highest BCUT2D eigenvalue weighted by Gasteiger charge is 2.12. The molecule has 0 bridgehead atoms. The van der Waals surface area contributed by atoms with E-state index in [-0.39, 0.29) is 5.91 Å². The summed E-state index contributed by atoms with van der Waals surface area (Å²) in [5.41, 5.74) is 2.92. The first-order valence-corrected chi connectivity index (χ1v) is 6.30. The van der Waals surface area contributed by atoms with Gasteiger partial charge in [-0.3, -0.25) is 14.5 Å². The Morgan fingerprint density at radius 1 is 1.25 bits per heavy atom. The molecule has 3 rings (SSSR count). The number of aromatic nitrogens is 3. The molecule has 1 amide bonds. The molecule has 1 N–H and O–H groups in total. The Labute approximate surface area is 116 Å². The molecule has 1 aromatic carbocycles. The van der Waals surface area contributed by atoms with Crippen LogP contribution in [0.2, 0.25) is 0 Å². The molecule has 0 unspecified atom stereocenters. The first-order chi connectivity index (χ1) is 9.63. The van der Waals surface area contributed by atoms with Gasteiger partial charge in [0.05, 0.1) is 23.1 Å². The molecule has 0 spiro atoms. The molecular formula is C15H14N4O. The fourth-order valence-corrected chi connectivity index (χ4v) is 2.16. The van der Waals surface area contributed by atoms with Crippen molar-refractivity contribution in [2.24, 2.45) is 7.05 Å². The van der Waals surface area contributed by atoms with E-state index in [9.17, 15) is 4.79 Å². The molecule has 2 heterocycles. The summed E-state index contributed by atoms with van der Waals surface area (Å²) >= 11 is 0. The molecule has 20 heavy (non-hydrogen) atoms. The van der Waals surface area contributed by atoms with Crippen LogP contribution in [-0.2, 0) is 7.05 Å². The Morgan fingerprint density at radius 3 is 2.80 bits per heavy atom. The number of pyridine rings is 1. The van der Waals surface area contributed by atoms with Crippen molar-refractivity contribution in [3.8, 4) is 0 Å². The van der Waals surface area contributed by atoms with Crippen LogP contribution in [0.4, 0.5) is 5.69 Å². The lowest BCUT2D eigenvalue weighted by Gasteiger charge is -2.06. The van der Waals surface area contributed by atoms with Crippen molar-refractivity contribution in [3.63, 3.8) is 0 Å². The van der Waals surface area contributed by atoms with Crippen LogP contribution in [0.3, 0.4) is 0 Å². The van der Waals surface area contributed by atoms with Gasteiger partial charge in [0, 0.05) is 12.4 Å². The molecule has 0 aliphatic rings. The second-order valence-electron chi connectivity index (χ2n) is 4.67. The normalized spacial score (nSPS) is 10.7. The van der Waals surface area contributed by atoms with E-state index in [4.69, 9.17) is 0 Å². The fraction of sp³-hybridized carbons (Fsp3) is 0.133. The van der Waals surface area contributed by atoms with Crippen LogP contribution >= 0.6 is 0 Å². The number of benzene rings is 1. The lowest BCUT2D eigenvalue weighted by Crippen LogP contribution is -2.16. The predicted octanol–water partition coefficient (Wildman–Crippen LogP) is 2.53. The van der Waals surface area contributed by atoms with E-state index in [0.717, 1.165) is 16.6 Å². The van der Waals surface area contributed by atoms with Gasteiger partial charge >= 0.3 is 0 Å². The standard InChI is InChI=1S/C15H14N4O/c1-10-7-14(19(2)18-10)15(20)17-12-8-11-5-3-4-6-13(11)16-9-12/h3-9H,1-2H3,(H,17,20). The number of carbonyl (C=O) groups excluding carboxylic acids is 1. The van der Waals surface area contributed by atoms with Crippen LogP contribution < -0.4 is 5.32 Å². The number of rotatable bonds is 2. The third-order valence-electron chi connectivity index (χ3n) is 3.08. The average molecular weight is 266 g/mol. The average Bonchev–Trinajstić information content (AvgIpc) is 2.78. The maximum Gasteiger partial charge on any atom is 0.273 e. The van der Waals surface area contributed by atoms with Crippen LogP contribution in [0, 0.1) is 6.92 Å². The summed E-state index contributed by atoms with van der Waals surface area (Å²) in [5.74, 6) is -0.190. The number of para-hydroxylation sites is 1. The van der Waals surface area contributed by atoms with Gasteiger partial charge in [0.2, 0.25) is 0 Å². The number of fused-ring (bicyclic) bond motifs is 1. The summed E-state index contributed by atoms with van der Waals surface area (Å²) in [5, 5.41) is 8.00. The zero-order valence-corrected chi connectivity index (χ0v) is 11.3. The highest BCUT2D eigenvalue weighted by Crippen LogP contribution is 2.16. The topological polar surface area (TPSA) is 59.8 Å².